The highest BCUT2D eigenvalue weighted by Crippen LogP contribution is 2.24. The smallest absolute Gasteiger partial charge is 0.325 e. The fraction of sp³-hybridized carbons (Fsp3) is 0.500. The number of rotatable bonds is 6. The third kappa shape index (κ3) is 3.55. The summed E-state index contributed by atoms with van der Waals surface area (Å²) in [5.74, 6) is -0.831. The zero-order valence-corrected chi connectivity index (χ0v) is 11.4. The molecular weight excluding hydrogens is 230 g/mol. The number of benzene rings is 1. The van der Waals surface area contributed by atoms with Gasteiger partial charge in [0.2, 0.25) is 0 Å². The van der Waals surface area contributed by atoms with Crippen LogP contribution < -0.4 is 0 Å². The summed E-state index contributed by atoms with van der Waals surface area (Å²) in [6, 6.07) is 5.27. The Morgan fingerprint density at radius 3 is 2.67 bits per heavy atom. The molecule has 1 N–H and O–H groups in total. The summed E-state index contributed by atoms with van der Waals surface area (Å²) in [7, 11) is 3.42. The van der Waals surface area contributed by atoms with Gasteiger partial charge >= 0.3 is 5.97 Å². The Morgan fingerprint density at radius 2 is 2.11 bits per heavy atom. The van der Waals surface area contributed by atoms with Crippen molar-refractivity contribution in [3.63, 3.8) is 0 Å². The minimum atomic E-state index is -0.831. The molecule has 4 nitrogen and oxygen atoms in total. The summed E-state index contributed by atoms with van der Waals surface area (Å²) in [4.78, 5) is 13.3. The van der Waals surface area contributed by atoms with Gasteiger partial charge in [-0.3, -0.25) is 9.69 Å². The molecule has 0 saturated carbocycles. The lowest BCUT2D eigenvalue weighted by Gasteiger charge is -2.26. The molecule has 0 aliphatic heterocycles. The van der Waals surface area contributed by atoms with Crippen molar-refractivity contribution in [3.8, 4) is 0 Å². The van der Waals surface area contributed by atoms with E-state index < -0.39 is 12.0 Å². The summed E-state index contributed by atoms with van der Waals surface area (Å²) in [5.41, 5.74) is 2.92. The van der Waals surface area contributed by atoms with Gasteiger partial charge in [0.15, 0.2) is 0 Å². The number of hydrogen-bond donors (Lipinski definition) is 1. The van der Waals surface area contributed by atoms with E-state index in [2.05, 4.69) is 0 Å². The quantitative estimate of drug-likeness (QED) is 0.840. The molecule has 0 aliphatic carbocycles. The molecule has 1 aromatic carbocycles. The number of carbonyl (C=O) groups is 1. The topological polar surface area (TPSA) is 49.8 Å². The predicted molar refractivity (Wildman–Crippen MR) is 70.8 cm³/mol. The maximum absolute atomic E-state index is 11.5. The van der Waals surface area contributed by atoms with Gasteiger partial charge in [0.1, 0.15) is 6.04 Å². The Kier molecular flexibility index (Phi) is 5.31. The lowest BCUT2D eigenvalue weighted by atomic mass is 9.98. The second-order valence-corrected chi connectivity index (χ2v) is 4.57. The van der Waals surface area contributed by atoms with Crippen LogP contribution in [0.3, 0.4) is 0 Å². The first-order valence-electron chi connectivity index (χ1n) is 5.96. The molecule has 1 atom stereocenters. The molecule has 18 heavy (non-hydrogen) atoms. The highest BCUT2D eigenvalue weighted by Gasteiger charge is 2.25. The summed E-state index contributed by atoms with van der Waals surface area (Å²) in [5, 5.41) is 9.43. The van der Waals surface area contributed by atoms with Crippen LogP contribution in [0.2, 0.25) is 0 Å². The summed E-state index contributed by atoms with van der Waals surface area (Å²) in [6.45, 7) is 5.01. The molecule has 0 radical (unpaired) electrons. The first-order chi connectivity index (χ1) is 8.47. The second kappa shape index (κ2) is 6.52. The fourth-order valence-electron chi connectivity index (χ4n) is 1.98. The predicted octanol–water partition coefficient (Wildman–Crippen LogP) is 2.01. The van der Waals surface area contributed by atoms with E-state index in [1.54, 1.807) is 19.1 Å². The van der Waals surface area contributed by atoms with Crippen LogP contribution in [0.25, 0.3) is 0 Å². The molecular formula is C14H21NO3. The number of carboxylic acids is 1. The minimum Gasteiger partial charge on any atom is -0.480 e. The fourth-order valence-corrected chi connectivity index (χ4v) is 1.98. The van der Waals surface area contributed by atoms with Crippen LogP contribution in [0, 0.1) is 13.8 Å². The van der Waals surface area contributed by atoms with Crippen LogP contribution in [0.15, 0.2) is 18.2 Å². The van der Waals surface area contributed by atoms with Gasteiger partial charge in [0, 0.05) is 13.7 Å². The van der Waals surface area contributed by atoms with E-state index in [-0.39, 0.29) is 0 Å². The molecule has 0 spiro atoms. The molecule has 0 unspecified atom stereocenters. The number of aliphatic carboxylic acids is 1. The van der Waals surface area contributed by atoms with E-state index in [1.807, 2.05) is 32.0 Å². The molecule has 100 valence electrons. The number of aryl methyl sites for hydroxylation is 2. The number of ether oxygens (including phenoxy) is 1. The third-order valence-electron chi connectivity index (χ3n) is 3.05. The van der Waals surface area contributed by atoms with Crippen molar-refractivity contribution in [2.45, 2.75) is 19.9 Å². The summed E-state index contributed by atoms with van der Waals surface area (Å²) in [6.07, 6.45) is 0. The Balaban J connectivity index is 3.04. The van der Waals surface area contributed by atoms with E-state index in [0.717, 1.165) is 16.7 Å². The van der Waals surface area contributed by atoms with Gasteiger partial charge in [-0.1, -0.05) is 23.8 Å². The van der Waals surface area contributed by atoms with Gasteiger partial charge in [-0.15, -0.1) is 0 Å². The van der Waals surface area contributed by atoms with Crippen LogP contribution in [-0.4, -0.2) is 43.3 Å². The SMILES string of the molecule is COCCN(C)[C@@H](C(=O)O)c1cc(C)ccc1C. The van der Waals surface area contributed by atoms with Crippen LogP contribution in [0.5, 0.6) is 0 Å². The molecule has 4 heteroatoms. The van der Waals surface area contributed by atoms with Crippen LogP contribution >= 0.6 is 0 Å². The van der Waals surface area contributed by atoms with Gasteiger partial charge in [-0.05, 0) is 32.0 Å². The molecule has 1 rings (SSSR count). The van der Waals surface area contributed by atoms with Crippen molar-refractivity contribution >= 4 is 5.97 Å². The summed E-state index contributed by atoms with van der Waals surface area (Å²) < 4.78 is 5.00. The van der Waals surface area contributed by atoms with Crippen LogP contribution in [0.1, 0.15) is 22.7 Å². The third-order valence-corrected chi connectivity index (χ3v) is 3.05. The lowest BCUT2D eigenvalue weighted by molar-refractivity contribution is -0.143. The van der Waals surface area contributed by atoms with Crippen molar-refractivity contribution in [2.75, 3.05) is 27.3 Å². The second-order valence-electron chi connectivity index (χ2n) is 4.57. The molecule has 1 aromatic rings. The zero-order chi connectivity index (χ0) is 13.7. The average molecular weight is 251 g/mol. The van der Waals surface area contributed by atoms with Gasteiger partial charge in [0.25, 0.3) is 0 Å². The van der Waals surface area contributed by atoms with Crippen molar-refractivity contribution in [3.05, 3.63) is 34.9 Å². The van der Waals surface area contributed by atoms with Crippen LogP contribution in [-0.2, 0) is 9.53 Å². The molecule has 0 aromatic heterocycles. The maximum Gasteiger partial charge on any atom is 0.325 e. The van der Waals surface area contributed by atoms with Crippen LogP contribution in [0.4, 0.5) is 0 Å². The van der Waals surface area contributed by atoms with Crippen molar-refractivity contribution in [2.24, 2.45) is 0 Å². The number of methoxy groups -OCH3 is 1. The average Bonchev–Trinajstić information content (AvgIpc) is 2.30. The van der Waals surface area contributed by atoms with E-state index >= 15 is 0 Å². The zero-order valence-electron chi connectivity index (χ0n) is 11.4. The largest absolute Gasteiger partial charge is 0.480 e. The molecule has 0 heterocycles. The van der Waals surface area contributed by atoms with Crippen molar-refractivity contribution < 1.29 is 14.6 Å². The van der Waals surface area contributed by atoms with E-state index in [4.69, 9.17) is 4.74 Å². The number of nitrogens with zero attached hydrogens (tertiary/aromatic N) is 1. The Bertz CT molecular complexity index is 418. The van der Waals surface area contributed by atoms with E-state index in [0.29, 0.717) is 13.2 Å². The first-order valence-corrected chi connectivity index (χ1v) is 5.96. The van der Waals surface area contributed by atoms with Crippen molar-refractivity contribution in [1.29, 1.82) is 0 Å². The monoisotopic (exact) mass is 251 g/mol. The Labute approximate surface area is 108 Å². The number of carboxylic acid groups (broad SMARTS) is 1. The maximum atomic E-state index is 11.5. The van der Waals surface area contributed by atoms with Crippen molar-refractivity contribution in [1.82, 2.24) is 4.90 Å². The minimum absolute atomic E-state index is 0.519. The lowest BCUT2D eigenvalue weighted by Crippen LogP contribution is -2.33. The molecule has 0 bridgehead atoms. The van der Waals surface area contributed by atoms with Gasteiger partial charge in [0.05, 0.1) is 6.61 Å². The molecule has 0 aliphatic rings. The van der Waals surface area contributed by atoms with E-state index in [1.165, 1.54) is 0 Å². The molecule has 0 fully saturated rings. The number of likely N-dealkylation sites (N-methyl/N-ethyl adjacent to an activating group) is 1. The summed E-state index contributed by atoms with van der Waals surface area (Å²) >= 11 is 0. The number of hydrogen-bond acceptors (Lipinski definition) is 3. The van der Waals surface area contributed by atoms with E-state index in [9.17, 15) is 9.90 Å². The molecule has 0 saturated heterocycles. The highest BCUT2D eigenvalue weighted by molar-refractivity contribution is 5.76. The Morgan fingerprint density at radius 1 is 1.44 bits per heavy atom. The molecule has 0 amide bonds. The Hall–Kier alpha value is -1.39. The van der Waals surface area contributed by atoms with Gasteiger partial charge in [-0.2, -0.15) is 0 Å². The standard InChI is InChI=1S/C14H21NO3/c1-10-5-6-11(2)12(9-10)13(14(16)17)15(3)7-8-18-4/h5-6,9,13H,7-8H2,1-4H3,(H,16,17)/t13-/m1/s1. The highest BCUT2D eigenvalue weighted by atomic mass is 16.5. The van der Waals surface area contributed by atoms with Gasteiger partial charge in [-0.25, -0.2) is 0 Å². The normalized spacial score (nSPS) is 12.7. The first kappa shape index (κ1) is 14.7. The van der Waals surface area contributed by atoms with Gasteiger partial charge < -0.3 is 9.84 Å².